The number of nitrogens with one attached hydrogen (secondary N) is 2. The van der Waals surface area contributed by atoms with Gasteiger partial charge in [-0.05, 0) is 51.4 Å². The van der Waals surface area contributed by atoms with Crippen molar-refractivity contribution in [3.8, 4) is 0 Å². The van der Waals surface area contributed by atoms with Crippen LogP contribution < -0.4 is 16.4 Å². The lowest BCUT2D eigenvalue weighted by atomic mass is 9.86. The number of carbonyl (C=O) groups excluding carboxylic acids is 3. The Morgan fingerprint density at radius 1 is 0.967 bits per heavy atom. The number of carbonyl (C=O) groups is 3. The number of Topliss-reactive ketones (excluding diaryl/α,β-unsaturated/α-hetero) is 1. The fraction of sp³-hybridized carbons (Fsp3) is 0.857. The largest absolute Gasteiger partial charge is 0.352 e. The number of nitrogens with two attached hydrogens (primary N) is 1. The van der Waals surface area contributed by atoms with Crippen LogP contribution >= 0.6 is 0 Å². The molecule has 2 atom stereocenters. The lowest BCUT2D eigenvalue weighted by Gasteiger charge is -2.25. The molecule has 0 aromatic heterocycles. The van der Waals surface area contributed by atoms with E-state index in [0.29, 0.717) is 25.3 Å². The molecule has 0 rings (SSSR count). The maximum absolute atomic E-state index is 12.8. The van der Waals surface area contributed by atoms with Crippen molar-refractivity contribution in [2.45, 2.75) is 84.9 Å². The Balaban J connectivity index is 5.08. The van der Waals surface area contributed by atoms with Crippen molar-refractivity contribution in [2.24, 2.45) is 23.5 Å². The first-order valence-corrected chi connectivity index (χ1v) is 12.6. The van der Waals surface area contributed by atoms with Gasteiger partial charge in [0.15, 0.2) is 15.6 Å². The molecule has 0 saturated carbocycles. The van der Waals surface area contributed by atoms with E-state index in [1.165, 1.54) is 0 Å². The van der Waals surface area contributed by atoms with Gasteiger partial charge in [0.05, 0.1) is 17.0 Å². The minimum Gasteiger partial charge on any atom is -0.352 e. The highest BCUT2D eigenvalue weighted by Gasteiger charge is 2.28. The van der Waals surface area contributed by atoms with E-state index in [9.17, 15) is 22.8 Å². The standard InChI is InChI=1S/C21H41N3O5S/c1-14(2)13-17(15(3)4)20(26)24-18(9-7-11-23-21(22)27)19(25)10-8-12-30(28,29)16(5)6/h14-18H,7-13H2,1-6H3,(H,24,26)(H3,22,23,27)/t17-,18-/m0/s1. The van der Waals surface area contributed by atoms with Crippen LogP contribution in [-0.2, 0) is 19.4 Å². The topological polar surface area (TPSA) is 135 Å². The maximum atomic E-state index is 12.8. The summed E-state index contributed by atoms with van der Waals surface area (Å²) in [6, 6.07) is -1.35. The Morgan fingerprint density at radius 2 is 1.57 bits per heavy atom. The molecule has 0 aliphatic carbocycles. The fourth-order valence-corrected chi connectivity index (χ4v) is 4.18. The van der Waals surface area contributed by atoms with Crippen LogP contribution in [0.15, 0.2) is 0 Å². The molecule has 0 saturated heterocycles. The second-order valence-corrected chi connectivity index (χ2v) is 11.6. The van der Waals surface area contributed by atoms with Gasteiger partial charge in [0.25, 0.3) is 0 Å². The summed E-state index contributed by atoms with van der Waals surface area (Å²) in [5.74, 6) is -0.120. The Bertz CT molecular complexity index is 660. The molecule has 0 spiro atoms. The molecule has 4 N–H and O–H groups in total. The van der Waals surface area contributed by atoms with E-state index in [4.69, 9.17) is 5.73 Å². The molecular weight excluding hydrogens is 406 g/mol. The predicted octanol–water partition coefficient (Wildman–Crippen LogP) is 2.41. The van der Waals surface area contributed by atoms with E-state index >= 15 is 0 Å². The molecule has 0 fully saturated rings. The van der Waals surface area contributed by atoms with Crippen LogP contribution in [0.25, 0.3) is 0 Å². The highest BCUT2D eigenvalue weighted by Crippen LogP contribution is 2.21. The zero-order valence-electron chi connectivity index (χ0n) is 19.4. The molecule has 0 radical (unpaired) electrons. The summed E-state index contributed by atoms with van der Waals surface area (Å²) >= 11 is 0. The SMILES string of the molecule is CC(C)C[C@H](C(=O)N[C@@H](CCCNC(N)=O)C(=O)CCCS(=O)(=O)C(C)C)C(C)C. The van der Waals surface area contributed by atoms with Crippen LogP contribution in [-0.4, -0.2) is 49.7 Å². The van der Waals surface area contributed by atoms with Gasteiger partial charge < -0.3 is 16.4 Å². The van der Waals surface area contributed by atoms with Crippen LogP contribution in [0.1, 0.15) is 73.6 Å². The molecule has 30 heavy (non-hydrogen) atoms. The molecule has 0 aliphatic rings. The van der Waals surface area contributed by atoms with E-state index in [2.05, 4.69) is 24.5 Å². The van der Waals surface area contributed by atoms with Crippen molar-refractivity contribution in [1.29, 1.82) is 0 Å². The molecule has 3 amide bonds. The summed E-state index contributed by atoms with van der Waals surface area (Å²) in [7, 11) is -3.21. The first-order chi connectivity index (χ1) is 13.8. The average Bonchev–Trinajstić information content (AvgIpc) is 2.60. The van der Waals surface area contributed by atoms with E-state index in [1.54, 1.807) is 13.8 Å². The summed E-state index contributed by atoms with van der Waals surface area (Å²) in [6.45, 7) is 11.6. The normalized spacial score (nSPS) is 14.0. The quantitative estimate of drug-likeness (QED) is 0.331. The molecule has 0 aliphatic heterocycles. The van der Waals surface area contributed by atoms with Crippen molar-refractivity contribution in [3.05, 3.63) is 0 Å². The molecule has 8 nitrogen and oxygen atoms in total. The van der Waals surface area contributed by atoms with Crippen LogP contribution in [0.2, 0.25) is 0 Å². The highest BCUT2D eigenvalue weighted by molar-refractivity contribution is 7.91. The van der Waals surface area contributed by atoms with Crippen molar-refractivity contribution < 1.29 is 22.8 Å². The molecule has 176 valence electrons. The van der Waals surface area contributed by atoms with Crippen molar-refractivity contribution >= 4 is 27.6 Å². The van der Waals surface area contributed by atoms with Crippen LogP contribution in [0.5, 0.6) is 0 Å². The van der Waals surface area contributed by atoms with Gasteiger partial charge in [-0.1, -0.05) is 27.7 Å². The van der Waals surface area contributed by atoms with E-state index in [0.717, 1.165) is 6.42 Å². The Hall–Kier alpha value is -1.64. The van der Waals surface area contributed by atoms with Gasteiger partial charge in [-0.2, -0.15) is 0 Å². The molecule has 0 heterocycles. The highest BCUT2D eigenvalue weighted by atomic mass is 32.2. The molecule has 0 unspecified atom stereocenters. The molecule has 0 bridgehead atoms. The Morgan fingerprint density at radius 3 is 2.03 bits per heavy atom. The third-order valence-electron chi connectivity index (χ3n) is 5.11. The van der Waals surface area contributed by atoms with Gasteiger partial charge >= 0.3 is 6.03 Å². The fourth-order valence-electron chi connectivity index (χ4n) is 3.16. The number of ketones is 1. The lowest BCUT2D eigenvalue weighted by molar-refractivity contribution is -0.131. The number of urea groups is 1. The lowest BCUT2D eigenvalue weighted by Crippen LogP contribution is -2.45. The van der Waals surface area contributed by atoms with Gasteiger partial charge in [-0.15, -0.1) is 0 Å². The summed E-state index contributed by atoms with van der Waals surface area (Å²) in [6.07, 6.45) is 1.86. The number of primary amides is 1. The second-order valence-electron chi connectivity index (χ2n) is 8.96. The second kappa shape index (κ2) is 13.6. The number of rotatable bonds is 15. The molecule has 9 heteroatoms. The number of sulfone groups is 1. The number of amides is 3. The van der Waals surface area contributed by atoms with Crippen molar-refractivity contribution in [2.75, 3.05) is 12.3 Å². The number of hydrogen-bond acceptors (Lipinski definition) is 5. The number of hydrogen-bond donors (Lipinski definition) is 3. The van der Waals surface area contributed by atoms with Crippen LogP contribution in [0, 0.1) is 17.8 Å². The molecular formula is C21H41N3O5S. The third-order valence-corrected chi connectivity index (χ3v) is 7.41. The minimum absolute atomic E-state index is 0.0533. The third kappa shape index (κ3) is 11.5. The van der Waals surface area contributed by atoms with Crippen LogP contribution in [0.4, 0.5) is 4.79 Å². The van der Waals surface area contributed by atoms with E-state index < -0.39 is 27.2 Å². The first kappa shape index (κ1) is 28.4. The van der Waals surface area contributed by atoms with Gasteiger partial charge in [0.1, 0.15) is 0 Å². The van der Waals surface area contributed by atoms with E-state index in [-0.39, 0.29) is 42.1 Å². The zero-order chi connectivity index (χ0) is 23.5. The molecule has 0 aromatic rings. The van der Waals surface area contributed by atoms with Gasteiger partial charge in [-0.3, -0.25) is 9.59 Å². The summed E-state index contributed by atoms with van der Waals surface area (Å²) in [4.78, 5) is 36.4. The van der Waals surface area contributed by atoms with Gasteiger partial charge in [-0.25, -0.2) is 13.2 Å². The van der Waals surface area contributed by atoms with Crippen molar-refractivity contribution in [3.63, 3.8) is 0 Å². The maximum Gasteiger partial charge on any atom is 0.312 e. The summed E-state index contributed by atoms with van der Waals surface area (Å²) < 4.78 is 23.9. The summed E-state index contributed by atoms with van der Waals surface area (Å²) in [5.41, 5.74) is 5.06. The monoisotopic (exact) mass is 447 g/mol. The Labute approximate surface area is 182 Å². The van der Waals surface area contributed by atoms with Crippen molar-refractivity contribution in [1.82, 2.24) is 10.6 Å². The van der Waals surface area contributed by atoms with Gasteiger partial charge in [0, 0.05) is 18.9 Å². The van der Waals surface area contributed by atoms with Crippen LogP contribution in [0.3, 0.4) is 0 Å². The van der Waals surface area contributed by atoms with Gasteiger partial charge in [0.2, 0.25) is 5.91 Å². The average molecular weight is 448 g/mol. The molecule has 0 aromatic carbocycles. The predicted molar refractivity (Wildman–Crippen MR) is 120 cm³/mol. The Kier molecular flexibility index (Phi) is 12.9. The summed E-state index contributed by atoms with van der Waals surface area (Å²) in [5, 5.41) is 4.87. The first-order valence-electron chi connectivity index (χ1n) is 10.9. The van der Waals surface area contributed by atoms with E-state index in [1.807, 2.05) is 13.8 Å². The smallest absolute Gasteiger partial charge is 0.312 e. The zero-order valence-corrected chi connectivity index (χ0v) is 20.2. The minimum atomic E-state index is -3.21.